The van der Waals surface area contributed by atoms with E-state index in [-0.39, 0.29) is 24.1 Å². The third-order valence-corrected chi connectivity index (χ3v) is 8.48. The molecule has 0 heterocycles. The van der Waals surface area contributed by atoms with Crippen LogP contribution in [0.25, 0.3) is 0 Å². The number of methoxy groups -OCH3 is 1. The summed E-state index contributed by atoms with van der Waals surface area (Å²) in [6.45, 7) is 15.8. The van der Waals surface area contributed by atoms with E-state index in [9.17, 15) is 4.79 Å². The number of esters is 1. The highest BCUT2D eigenvalue weighted by Gasteiger charge is 2.42. The maximum absolute atomic E-state index is 11.4. The van der Waals surface area contributed by atoms with Crippen LogP contribution in [0.1, 0.15) is 77.6 Å². The van der Waals surface area contributed by atoms with Gasteiger partial charge in [-0.3, -0.25) is 4.79 Å². The van der Waals surface area contributed by atoms with Crippen LogP contribution in [0.4, 0.5) is 0 Å². The second-order valence-electron chi connectivity index (χ2n) is 12.1. The highest BCUT2D eigenvalue weighted by atomic mass is 28.4. The molecule has 0 aromatic heterocycles. The molecule has 0 saturated heterocycles. The van der Waals surface area contributed by atoms with Gasteiger partial charge in [0.2, 0.25) is 0 Å². The van der Waals surface area contributed by atoms with Gasteiger partial charge in [-0.2, -0.15) is 0 Å². The van der Waals surface area contributed by atoms with Crippen molar-refractivity contribution in [3.63, 3.8) is 0 Å². The first-order valence-electron chi connectivity index (χ1n) is 14.1. The lowest BCUT2D eigenvalue weighted by molar-refractivity contribution is -0.140. The van der Waals surface area contributed by atoms with Gasteiger partial charge in [0.25, 0.3) is 0 Å². The lowest BCUT2D eigenvalue weighted by Gasteiger charge is -2.29. The molecule has 0 bridgehead atoms. The van der Waals surface area contributed by atoms with Crippen LogP contribution in [0, 0.1) is 11.8 Å². The first kappa shape index (κ1) is 33.1. The summed E-state index contributed by atoms with van der Waals surface area (Å²) >= 11 is 0. The van der Waals surface area contributed by atoms with Gasteiger partial charge in [0, 0.05) is 24.7 Å². The zero-order valence-electron chi connectivity index (χ0n) is 24.7. The normalized spacial score (nSPS) is 22.9. The Morgan fingerprint density at radius 2 is 1.69 bits per heavy atom. The summed E-state index contributed by atoms with van der Waals surface area (Å²) in [6, 6.07) is 0. The van der Waals surface area contributed by atoms with Crippen molar-refractivity contribution < 1.29 is 23.2 Å². The monoisotopic (exact) mass is 541 g/mol. The van der Waals surface area contributed by atoms with Gasteiger partial charge in [-0.1, -0.05) is 62.8 Å². The van der Waals surface area contributed by atoms with Gasteiger partial charge in [0.1, 0.15) is 7.11 Å². The summed E-state index contributed by atoms with van der Waals surface area (Å²) in [5.41, 5.74) is 1.12. The minimum atomic E-state index is -1.73. The highest BCUT2D eigenvalue weighted by Crippen LogP contribution is 2.38. The van der Waals surface area contributed by atoms with Crippen molar-refractivity contribution in [2.24, 2.45) is 17.0 Å². The Morgan fingerprint density at radius 3 is 2.28 bits per heavy atom. The van der Waals surface area contributed by atoms with Crippen LogP contribution in [-0.4, -0.2) is 54.7 Å². The number of hydrogen-bond donors (Lipinski definition) is 0. The number of unbranched alkanes of at least 4 members (excludes halogenated alkanes) is 5. The number of hydrogen-bond acceptors (Lipinski definition) is 6. The lowest BCUT2D eigenvalue weighted by atomic mass is 9.88. The minimum Gasteiger partial charge on any atom is -0.469 e. The summed E-state index contributed by atoms with van der Waals surface area (Å²) in [6.07, 6.45) is 16.3. The molecule has 0 radical (unpaired) electrons. The average Bonchev–Trinajstić information content (AvgIpc) is 3.07. The first-order chi connectivity index (χ1) is 16.9. The molecular formula is C28H55NO5Si2. The summed E-state index contributed by atoms with van der Waals surface area (Å²) < 4.78 is 18.0. The van der Waals surface area contributed by atoms with Crippen molar-refractivity contribution in [1.82, 2.24) is 0 Å². The van der Waals surface area contributed by atoms with E-state index in [1.54, 1.807) is 7.11 Å². The van der Waals surface area contributed by atoms with Crippen molar-refractivity contribution >= 4 is 28.3 Å². The molecule has 0 aromatic rings. The van der Waals surface area contributed by atoms with E-state index in [2.05, 4.69) is 63.5 Å². The van der Waals surface area contributed by atoms with Gasteiger partial charge >= 0.3 is 5.97 Å². The van der Waals surface area contributed by atoms with Gasteiger partial charge in [0.15, 0.2) is 16.6 Å². The minimum absolute atomic E-state index is 0.120. The zero-order valence-corrected chi connectivity index (χ0v) is 26.7. The van der Waals surface area contributed by atoms with Crippen molar-refractivity contribution in [1.29, 1.82) is 0 Å². The molecule has 1 saturated carbocycles. The Hall–Kier alpha value is -0.966. The fourth-order valence-corrected chi connectivity index (χ4v) is 7.23. The van der Waals surface area contributed by atoms with Crippen molar-refractivity contribution in [3.8, 4) is 0 Å². The van der Waals surface area contributed by atoms with Gasteiger partial charge in [-0.05, 0) is 58.5 Å². The molecule has 210 valence electrons. The van der Waals surface area contributed by atoms with Gasteiger partial charge < -0.3 is 18.4 Å². The number of nitrogens with zero attached hydrogens (tertiary/aromatic N) is 1. The fraction of sp³-hybridized carbons (Fsp3) is 0.857. The summed E-state index contributed by atoms with van der Waals surface area (Å²) in [4.78, 5) is 16.7. The van der Waals surface area contributed by atoms with Gasteiger partial charge in [-0.25, -0.2) is 0 Å². The van der Waals surface area contributed by atoms with Crippen LogP contribution in [-0.2, 0) is 23.2 Å². The third kappa shape index (κ3) is 14.1. The predicted octanol–water partition coefficient (Wildman–Crippen LogP) is 7.72. The molecule has 1 aliphatic carbocycles. The summed E-state index contributed by atoms with van der Waals surface area (Å²) in [5.74, 6) is 0.469. The van der Waals surface area contributed by atoms with E-state index in [1.165, 1.54) is 26.4 Å². The molecule has 4 atom stereocenters. The molecule has 0 amide bonds. The largest absolute Gasteiger partial charge is 0.469 e. The maximum atomic E-state index is 11.4. The van der Waals surface area contributed by atoms with E-state index in [0.29, 0.717) is 12.3 Å². The number of rotatable bonds is 18. The molecule has 0 N–H and O–H groups in total. The number of carbonyl (C=O) groups excluding carboxylic acids is 1. The second kappa shape index (κ2) is 16.8. The van der Waals surface area contributed by atoms with Crippen molar-refractivity contribution in [2.75, 3.05) is 14.2 Å². The van der Waals surface area contributed by atoms with E-state index in [0.717, 1.165) is 50.7 Å². The third-order valence-electron chi connectivity index (χ3n) is 6.46. The molecule has 0 unspecified atom stereocenters. The molecule has 0 spiro atoms. The van der Waals surface area contributed by atoms with E-state index in [1.807, 2.05) is 0 Å². The topological polar surface area (TPSA) is 66.4 Å². The number of oxime groups is 1. The van der Waals surface area contributed by atoms with Crippen LogP contribution >= 0.6 is 0 Å². The van der Waals surface area contributed by atoms with E-state index >= 15 is 0 Å². The summed E-state index contributed by atoms with van der Waals surface area (Å²) in [5, 5.41) is 4.46. The van der Waals surface area contributed by atoms with E-state index in [4.69, 9.17) is 18.4 Å². The zero-order chi connectivity index (χ0) is 27.2. The molecule has 1 aliphatic rings. The standard InChI is InChI=1S/C28H55NO5Si2/c1-10-11-14-17-23(33-35(4,5)6)20-21-25-24(18-15-12-13-16-19-28(30)31-2)26(29-32-3)22-27(25)34-36(7,8)9/h20-21,23-25,27H,10-19,22H2,1-9H3/b21-20+,29-26-/t23-,24+,25+,27+/m0/s1. The molecule has 1 fully saturated rings. The van der Waals surface area contributed by atoms with Crippen LogP contribution in [0.2, 0.25) is 39.3 Å². The smallest absolute Gasteiger partial charge is 0.305 e. The lowest BCUT2D eigenvalue weighted by Crippen LogP contribution is -2.35. The number of ether oxygens (including phenoxy) is 1. The SMILES string of the molecule is CCCCC[C@@H](/C=C/[C@H]1[C@H](O[Si](C)(C)C)C/C(=N/OC)[C@@H]1CCCCCCC(=O)OC)O[Si](C)(C)C. The molecule has 0 aliphatic heterocycles. The molecule has 6 nitrogen and oxygen atoms in total. The molecule has 36 heavy (non-hydrogen) atoms. The van der Waals surface area contributed by atoms with Crippen molar-refractivity contribution in [2.45, 2.75) is 129 Å². The number of carbonyl (C=O) groups is 1. The Balaban J connectivity index is 3.01. The fourth-order valence-electron chi connectivity index (χ4n) is 4.97. The molecule has 0 aromatic carbocycles. The Bertz CT molecular complexity index is 684. The second-order valence-corrected chi connectivity index (χ2v) is 21.0. The molecule has 1 rings (SSSR count). The average molecular weight is 542 g/mol. The molecular weight excluding hydrogens is 486 g/mol. The van der Waals surface area contributed by atoms with Crippen LogP contribution in [0.15, 0.2) is 17.3 Å². The van der Waals surface area contributed by atoms with Gasteiger partial charge in [-0.15, -0.1) is 0 Å². The van der Waals surface area contributed by atoms with Crippen molar-refractivity contribution in [3.05, 3.63) is 12.2 Å². The predicted molar refractivity (Wildman–Crippen MR) is 155 cm³/mol. The Kier molecular flexibility index (Phi) is 15.4. The Labute approximate surface area is 223 Å². The van der Waals surface area contributed by atoms with Crippen LogP contribution in [0.5, 0.6) is 0 Å². The van der Waals surface area contributed by atoms with Crippen LogP contribution in [0.3, 0.4) is 0 Å². The van der Waals surface area contributed by atoms with Gasteiger partial charge in [0.05, 0.1) is 25.0 Å². The Morgan fingerprint density at radius 1 is 1.00 bits per heavy atom. The quantitative estimate of drug-likeness (QED) is 0.0584. The molecule has 8 heteroatoms. The highest BCUT2D eigenvalue weighted by molar-refractivity contribution is 6.70. The first-order valence-corrected chi connectivity index (χ1v) is 20.9. The maximum Gasteiger partial charge on any atom is 0.305 e. The summed E-state index contributed by atoms with van der Waals surface area (Å²) in [7, 11) is -0.289. The van der Waals surface area contributed by atoms with Crippen LogP contribution < -0.4 is 0 Å². The van der Waals surface area contributed by atoms with E-state index < -0.39 is 16.6 Å².